The van der Waals surface area contributed by atoms with Crippen LogP contribution in [0.25, 0.3) is 5.78 Å². The van der Waals surface area contributed by atoms with Crippen LogP contribution in [0, 0.1) is 18.6 Å². The maximum Gasteiger partial charge on any atom is 0.254 e. The summed E-state index contributed by atoms with van der Waals surface area (Å²) in [5.41, 5.74) is 4.80. The molecule has 3 heterocycles. The summed E-state index contributed by atoms with van der Waals surface area (Å²) < 4.78 is 4.56. The molecule has 7 heteroatoms. The third-order valence-electron chi connectivity index (χ3n) is 5.22. The summed E-state index contributed by atoms with van der Waals surface area (Å²) in [6.07, 6.45) is 2.58. The Hall–Kier alpha value is -2.25. The number of rotatable bonds is 5. The van der Waals surface area contributed by atoms with Crippen LogP contribution < -0.4 is 9.80 Å². The van der Waals surface area contributed by atoms with Gasteiger partial charge in [0.25, 0.3) is 5.78 Å². The summed E-state index contributed by atoms with van der Waals surface area (Å²) in [4.78, 5) is 8.38. The van der Waals surface area contributed by atoms with Crippen LogP contribution in [-0.4, -0.2) is 39.3 Å². The molecule has 0 amide bonds. The van der Waals surface area contributed by atoms with Crippen molar-refractivity contribution < 1.29 is 4.90 Å². The van der Waals surface area contributed by atoms with Gasteiger partial charge in [0.2, 0.25) is 4.77 Å². The van der Waals surface area contributed by atoms with Gasteiger partial charge in [-0.1, -0.05) is 18.2 Å². The second-order valence-electron chi connectivity index (χ2n) is 7.57. The highest BCUT2D eigenvalue weighted by Crippen LogP contribution is 2.23. The molecule has 1 aliphatic rings. The molecule has 1 aliphatic heterocycles. The van der Waals surface area contributed by atoms with Gasteiger partial charge in [0.05, 0.1) is 7.05 Å². The van der Waals surface area contributed by atoms with E-state index in [0.717, 1.165) is 37.7 Å². The number of anilines is 1. The molecule has 2 aromatic heterocycles. The number of benzene rings is 1. The van der Waals surface area contributed by atoms with Crippen molar-refractivity contribution in [3.63, 3.8) is 0 Å². The van der Waals surface area contributed by atoms with E-state index in [0.29, 0.717) is 10.5 Å². The van der Waals surface area contributed by atoms with Gasteiger partial charge in [-0.2, -0.15) is 4.68 Å². The molecule has 6 nitrogen and oxygen atoms in total. The number of nitrogens with zero attached hydrogens (tertiary/aromatic N) is 5. The summed E-state index contributed by atoms with van der Waals surface area (Å²) in [5, 5.41) is 4.65. The Morgan fingerprint density at radius 3 is 2.67 bits per heavy atom. The lowest BCUT2D eigenvalue weighted by Crippen LogP contribution is -3.07. The van der Waals surface area contributed by atoms with Crippen molar-refractivity contribution >= 4 is 23.7 Å². The fraction of sp³-hybridized carbons (Fsp3) is 0.450. The van der Waals surface area contributed by atoms with Gasteiger partial charge >= 0.3 is 0 Å². The molecule has 0 saturated carbocycles. The van der Waals surface area contributed by atoms with Gasteiger partial charge in [-0.25, -0.2) is 4.98 Å². The molecular formula is C20H27N6S+. The molecule has 1 unspecified atom stereocenters. The van der Waals surface area contributed by atoms with Crippen LogP contribution >= 0.6 is 12.2 Å². The van der Waals surface area contributed by atoms with E-state index >= 15 is 0 Å². The minimum absolute atomic E-state index is 0.683. The molecule has 0 spiro atoms. The van der Waals surface area contributed by atoms with Crippen molar-refractivity contribution in [1.29, 1.82) is 0 Å². The molecule has 3 aromatic rings. The predicted molar refractivity (Wildman–Crippen MR) is 110 cm³/mol. The van der Waals surface area contributed by atoms with Crippen molar-refractivity contribution in [2.24, 2.45) is 0 Å². The van der Waals surface area contributed by atoms with Gasteiger partial charge in [0.1, 0.15) is 6.54 Å². The molecule has 1 saturated heterocycles. The predicted octanol–water partition coefficient (Wildman–Crippen LogP) is 2.15. The second kappa shape index (κ2) is 7.40. The number of para-hydroxylation sites is 1. The highest BCUT2D eigenvalue weighted by Gasteiger charge is 2.18. The van der Waals surface area contributed by atoms with Gasteiger partial charge in [0.15, 0.2) is 6.67 Å². The third-order valence-corrected chi connectivity index (χ3v) is 5.61. The van der Waals surface area contributed by atoms with Gasteiger partial charge < -0.3 is 9.80 Å². The van der Waals surface area contributed by atoms with E-state index in [9.17, 15) is 0 Å². The number of hydrogen-bond donors (Lipinski definition) is 1. The average Bonchev–Trinajstić information content (AvgIpc) is 3.24. The minimum Gasteiger partial charge on any atom is -0.371 e. The number of fused-ring (bicyclic) bond motifs is 1. The van der Waals surface area contributed by atoms with Crippen LogP contribution in [0.5, 0.6) is 0 Å². The summed E-state index contributed by atoms with van der Waals surface area (Å²) >= 11 is 5.66. The Labute approximate surface area is 165 Å². The number of aromatic nitrogens is 4. The number of hydrogen-bond acceptors (Lipinski definition) is 4. The van der Waals surface area contributed by atoms with E-state index in [2.05, 4.69) is 46.3 Å². The van der Waals surface area contributed by atoms with Gasteiger partial charge in [-0.05, 0) is 51.0 Å². The van der Waals surface area contributed by atoms with E-state index in [1.165, 1.54) is 29.0 Å². The standard InChI is InChI=1S/C20H26N6S/c1-15-12-16(2)26-19(21-15)22-25(20(26)27)14-23(3)13-17-8-4-5-9-18(17)24-10-6-7-11-24/h4-5,8-9,12H,6-7,10-11,13-14H2,1-3H3/p+1. The van der Waals surface area contributed by atoms with Crippen molar-refractivity contribution in [2.45, 2.75) is 39.9 Å². The molecule has 27 heavy (non-hydrogen) atoms. The molecule has 1 aromatic carbocycles. The van der Waals surface area contributed by atoms with E-state index in [1.54, 1.807) is 0 Å². The van der Waals surface area contributed by atoms with Crippen LogP contribution in [0.4, 0.5) is 5.69 Å². The van der Waals surface area contributed by atoms with Crippen molar-refractivity contribution in [1.82, 2.24) is 19.2 Å². The van der Waals surface area contributed by atoms with Crippen molar-refractivity contribution in [3.05, 3.63) is 52.1 Å². The fourth-order valence-corrected chi connectivity index (χ4v) is 4.33. The SMILES string of the molecule is Cc1cc(C)n2c(=S)n(C[NH+](C)Cc3ccccc3N3CCCC3)nc2n1. The van der Waals surface area contributed by atoms with E-state index in [1.807, 2.05) is 29.0 Å². The van der Waals surface area contributed by atoms with Crippen LogP contribution in [0.1, 0.15) is 29.8 Å². The monoisotopic (exact) mass is 383 g/mol. The maximum absolute atomic E-state index is 5.66. The van der Waals surface area contributed by atoms with Crippen LogP contribution in [0.15, 0.2) is 30.3 Å². The Kier molecular flexibility index (Phi) is 4.97. The van der Waals surface area contributed by atoms with Crippen LogP contribution in [0.3, 0.4) is 0 Å². The molecule has 4 rings (SSSR count). The number of nitrogens with one attached hydrogen (secondary N) is 1. The van der Waals surface area contributed by atoms with E-state index in [-0.39, 0.29) is 0 Å². The first-order valence-electron chi connectivity index (χ1n) is 9.61. The number of quaternary nitrogens is 1. The van der Waals surface area contributed by atoms with E-state index < -0.39 is 0 Å². The minimum atomic E-state index is 0.683. The molecule has 0 bridgehead atoms. The first kappa shape index (κ1) is 18.1. The molecule has 0 aliphatic carbocycles. The zero-order chi connectivity index (χ0) is 19.0. The number of aryl methyl sites for hydroxylation is 2. The van der Waals surface area contributed by atoms with Gasteiger partial charge in [-0.15, -0.1) is 5.10 Å². The summed E-state index contributed by atoms with van der Waals surface area (Å²) in [5.74, 6) is 0.683. The zero-order valence-corrected chi connectivity index (χ0v) is 17.1. The fourth-order valence-electron chi connectivity index (χ4n) is 4.00. The van der Waals surface area contributed by atoms with Crippen LogP contribution in [0.2, 0.25) is 0 Å². The van der Waals surface area contributed by atoms with Gasteiger partial charge in [0, 0.05) is 35.7 Å². The summed E-state index contributed by atoms with van der Waals surface area (Å²) in [6.45, 7) is 8.02. The topological polar surface area (TPSA) is 42.8 Å². The lowest BCUT2D eigenvalue weighted by atomic mass is 10.1. The molecule has 1 N–H and O–H groups in total. The second-order valence-corrected chi connectivity index (χ2v) is 7.94. The van der Waals surface area contributed by atoms with Crippen LogP contribution in [-0.2, 0) is 13.2 Å². The lowest BCUT2D eigenvalue weighted by molar-refractivity contribution is -0.917. The first-order chi connectivity index (χ1) is 13.0. The van der Waals surface area contributed by atoms with Crippen molar-refractivity contribution in [2.75, 3.05) is 25.0 Å². The Balaban J connectivity index is 1.56. The quantitative estimate of drug-likeness (QED) is 0.686. The molecule has 142 valence electrons. The average molecular weight is 384 g/mol. The highest BCUT2D eigenvalue weighted by atomic mass is 32.1. The summed E-state index contributed by atoms with van der Waals surface area (Å²) in [6, 6.07) is 10.8. The van der Waals surface area contributed by atoms with E-state index in [4.69, 9.17) is 12.2 Å². The Morgan fingerprint density at radius 2 is 1.89 bits per heavy atom. The maximum atomic E-state index is 5.66. The lowest BCUT2D eigenvalue weighted by Gasteiger charge is -2.22. The molecule has 1 atom stereocenters. The first-order valence-corrected chi connectivity index (χ1v) is 10.0. The zero-order valence-electron chi connectivity index (χ0n) is 16.3. The largest absolute Gasteiger partial charge is 0.371 e. The third kappa shape index (κ3) is 3.61. The Morgan fingerprint density at radius 1 is 1.15 bits per heavy atom. The highest BCUT2D eigenvalue weighted by molar-refractivity contribution is 7.71. The molecule has 1 fully saturated rings. The normalized spacial score (nSPS) is 15.6. The Bertz CT molecular complexity index is 1010. The smallest absolute Gasteiger partial charge is 0.254 e. The van der Waals surface area contributed by atoms with Crippen molar-refractivity contribution in [3.8, 4) is 0 Å². The molecular weight excluding hydrogens is 356 g/mol. The molecule has 0 radical (unpaired) electrons. The summed E-state index contributed by atoms with van der Waals surface area (Å²) in [7, 11) is 2.19. The van der Waals surface area contributed by atoms with Gasteiger partial charge in [-0.3, -0.25) is 4.40 Å².